The lowest BCUT2D eigenvalue weighted by molar-refractivity contribution is 0.00671. The highest BCUT2D eigenvalue weighted by molar-refractivity contribution is 6.00. The molecule has 2 heterocycles. The van der Waals surface area contributed by atoms with Crippen molar-refractivity contribution in [2.24, 2.45) is 4.99 Å². The van der Waals surface area contributed by atoms with E-state index in [0.29, 0.717) is 12.3 Å². The Balaban J connectivity index is 1.52. The van der Waals surface area contributed by atoms with Crippen molar-refractivity contribution in [2.45, 2.75) is 32.9 Å². The molecule has 0 atom stereocenters. The van der Waals surface area contributed by atoms with Gasteiger partial charge >= 0.3 is 12.0 Å². The summed E-state index contributed by atoms with van der Waals surface area (Å²) < 4.78 is 17.8. The maximum atomic E-state index is 13.1. The number of nitrogens with two attached hydrogens (primary N) is 1. The average molecular weight is 592 g/mol. The molecule has 5 rings (SSSR count). The molecule has 0 saturated heterocycles. The third kappa shape index (κ3) is 7.22. The Bertz CT molecular complexity index is 1740. The Morgan fingerprint density at radius 1 is 1.05 bits per heavy atom. The van der Waals surface area contributed by atoms with Gasteiger partial charge in [-0.2, -0.15) is 15.2 Å². The van der Waals surface area contributed by atoms with Gasteiger partial charge in [-0.3, -0.25) is 4.99 Å². The fourth-order valence-electron chi connectivity index (χ4n) is 4.40. The number of carbonyl (C=O) groups excluding carboxylic acids is 1. The van der Waals surface area contributed by atoms with E-state index < -0.39 is 11.6 Å². The summed E-state index contributed by atoms with van der Waals surface area (Å²) in [6, 6.07) is 23.6. The van der Waals surface area contributed by atoms with E-state index in [-0.39, 0.29) is 40.3 Å². The largest absolute Gasteiger partial charge is 0.456 e. The third-order valence-corrected chi connectivity index (χ3v) is 6.49. The van der Waals surface area contributed by atoms with Gasteiger partial charge in [0.15, 0.2) is 5.82 Å². The number of hydrogen-bond acceptors (Lipinski definition) is 11. The van der Waals surface area contributed by atoms with Gasteiger partial charge in [0.1, 0.15) is 34.2 Å². The molecule has 0 aliphatic carbocycles. The number of hydrogen-bond donors (Lipinski definition) is 2. The summed E-state index contributed by atoms with van der Waals surface area (Å²) in [7, 11) is 1.99. The van der Waals surface area contributed by atoms with Crippen LogP contribution in [-0.2, 0) is 11.3 Å². The maximum absolute atomic E-state index is 13.1. The number of likely N-dealkylation sites (N-methyl/N-ethyl adjacent to an activating group) is 1. The Kier molecular flexibility index (Phi) is 8.62. The number of ether oxygens (including phenoxy) is 3. The number of carbonyl (C=O) groups is 1. The zero-order valence-electron chi connectivity index (χ0n) is 25.0. The van der Waals surface area contributed by atoms with Crippen LogP contribution in [-0.4, -0.2) is 52.4 Å². The number of nitriles is 1. The molecule has 224 valence electrons. The molecule has 11 heteroatoms. The standard InChI is InChI=1S/C33H33N7O4/c1-33(2,3)44-31(41)25-14-13-22(19-34)17-26(25)43-30-27(35)28(37-20-21-9-6-5-7-10-21)38-32(39-30)42-24-12-8-11-23(18-24)29-36-15-16-40(29)4/h5-14,17-18H,15-16,20,35H2,1-4H3,(H,37,38,39). The minimum atomic E-state index is -0.751. The Morgan fingerprint density at radius 3 is 2.55 bits per heavy atom. The number of nitrogens with one attached hydrogen (secondary N) is 1. The van der Waals surface area contributed by atoms with E-state index in [0.717, 1.165) is 30.1 Å². The molecule has 11 nitrogen and oxygen atoms in total. The molecule has 0 unspecified atom stereocenters. The highest BCUT2D eigenvalue weighted by Crippen LogP contribution is 2.36. The van der Waals surface area contributed by atoms with Crippen molar-refractivity contribution >= 4 is 23.3 Å². The topological polar surface area (TPSA) is 148 Å². The van der Waals surface area contributed by atoms with E-state index in [4.69, 9.17) is 19.9 Å². The molecule has 1 aliphatic rings. The van der Waals surface area contributed by atoms with Crippen molar-refractivity contribution in [3.05, 3.63) is 95.1 Å². The first-order valence-electron chi connectivity index (χ1n) is 14.0. The minimum Gasteiger partial charge on any atom is -0.456 e. The molecule has 0 saturated carbocycles. The molecular weight excluding hydrogens is 558 g/mol. The predicted octanol–water partition coefficient (Wildman–Crippen LogP) is 5.77. The van der Waals surface area contributed by atoms with Crippen LogP contribution in [0.2, 0.25) is 0 Å². The lowest BCUT2D eigenvalue weighted by Crippen LogP contribution is -2.24. The van der Waals surface area contributed by atoms with Crippen LogP contribution in [0.25, 0.3) is 0 Å². The molecule has 0 bridgehead atoms. The zero-order chi connectivity index (χ0) is 31.3. The van der Waals surface area contributed by atoms with Crippen molar-refractivity contribution in [3.63, 3.8) is 0 Å². The molecule has 1 aliphatic heterocycles. The number of anilines is 2. The fraction of sp³-hybridized carbons (Fsp3) is 0.242. The zero-order valence-corrected chi connectivity index (χ0v) is 25.0. The number of amidine groups is 1. The van der Waals surface area contributed by atoms with Gasteiger partial charge in [0.2, 0.25) is 0 Å². The van der Waals surface area contributed by atoms with Crippen molar-refractivity contribution in [3.8, 4) is 29.5 Å². The van der Waals surface area contributed by atoms with E-state index in [9.17, 15) is 10.1 Å². The summed E-state index contributed by atoms with van der Waals surface area (Å²) in [6.45, 7) is 7.27. The van der Waals surface area contributed by atoms with Gasteiger partial charge in [0.25, 0.3) is 5.88 Å². The first kappa shape index (κ1) is 29.8. The highest BCUT2D eigenvalue weighted by atomic mass is 16.6. The molecule has 4 aromatic rings. The molecule has 1 aromatic heterocycles. The number of nitrogen functional groups attached to an aromatic ring is 1. The lowest BCUT2D eigenvalue weighted by Gasteiger charge is -2.21. The van der Waals surface area contributed by atoms with Crippen LogP contribution in [0.15, 0.2) is 77.8 Å². The first-order valence-corrected chi connectivity index (χ1v) is 14.0. The first-order chi connectivity index (χ1) is 21.1. The summed E-state index contributed by atoms with van der Waals surface area (Å²) in [5.41, 5.74) is 8.11. The van der Waals surface area contributed by atoms with Crippen LogP contribution < -0.4 is 20.5 Å². The minimum absolute atomic E-state index is 0.0427. The summed E-state index contributed by atoms with van der Waals surface area (Å²) in [4.78, 5) is 28.7. The van der Waals surface area contributed by atoms with Crippen LogP contribution in [0.4, 0.5) is 11.5 Å². The SMILES string of the molecule is CN1CCN=C1c1cccc(Oc2nc(NCc3ccccc3)c(N)c(Oc3cc(C#N)ccc3C(=O)OC(C)(C)C)n2)c1. The number of rotatable bonds is 9. The van der Waals surface area contributed by atoms with E-state index in [1.54, 1.807) is 26.8 Å². The number of aliphatic imine (C=N–C) groups is 1. The molecule has 0 spiro atoms. The van der Waals surface area contributed by atoms with Gasteiger partial charge < -0.3 is 30.2 Å². The van der Waals surface area contributed by atoms with Crippen LogP contribution in [0.5, 0.6) is 23.4 Å². The van der Waals surface area contributed by atoms with Crippen molar-refractivity contribution in [2.75, 3.05) is 31.2 Å². The summed E-state index contributed by atoms with van der Waals surface area (Å²) in [5, 5.41) is 12.8. The second kappa shape index (κ2) is 12.7. The summed E-state index contributed by atoms with van der Waals surface area (Å²) in [5.74, 6) is 0.973. The van der Waals surface area contributed by atoms with E-state index >= 15 is 0 Å². The molecule has 44 heavy (non-hydrogen) atoms. The molecule has 3 aromatic carbocycles. The molecule has 0 radical (unpaired) electrons. The van der Waals surface area contributed by atoms with Crippen LogP contribution in [0.1, 0.15) is 47.8 Å². The van der Waals surface area contributed by atoms with Gasteiger partial charge in [0, 0.05) is 25.7 Å². The number of nitrogens with zero attached hydrogens (tertiary/aromatic N) is 5. The van der Waals surface area contributed by atoms with Gasteiger partial charge in [-0.25, -0.2) is 4.79 Å². The highest BCUT2D eigenvalue weighted by Gasteiger charge is 2.24. The normalized spacial score (nSPS) is 12.7. The number of esters is 1. The number of aromatic nitrogens is 2. The summed E-state index contributed by atoms with van der Waals surface area (Å²) in [6.07, 6.45) is 0. The monoisotopic (exact) mass is 591 g/mol. The quantitative estimate of drug-likeness (QED) is 0.230. The van der Waals surface area contributed by atoms with Crippen LogP contribution >= 0.6 is 0 Å². The Labute approximate surface area is 255 Å². The maximum Gasteiger partial charge on any atom is 0.342 e. The average Bonchev–Trinajstić information content (AvgIpc) is 3.43. The number of benzene rings is 3. The summed E-state index contributed by atoms with van der Waals surface area (Å²) >= 11 is 0. The van der Waals surface area contributed by atoms with Gasteiger partial charge in [-0.05, 0) is 56.7 Å². The second-order valence-electron chi connectivity index (χ2n) is 11.1. The van der Waals surface area contributed by atoms with Crippen LogP contribution in [0, 0.1) is 11.3 Å². The molecular formula is C33H33N7O4. The third-order valence-electron chi connectivity index (χ3n) is 6.49. The lowest BCUT2D eigenvalue weighted by atomic mass is 10.1. The van der Waals surface area contributed by atoms with Crippen molar-refractivity contribution in [1.29, 1.82) is 5.26 Å². The molecule has 3 N–H and O–H groups in total. The smallest absolute Gasteiger partial charge is 0.342 e. The second-order valence-corrected chi connectivity index (χ2v) is 11.1. The fourth-order valence-corrected chi connectivity index (χ4v) is 4.40. The van der Waals surface area contributed by atoms with Crippen LogP contribution in [0.3, 0.4) is 0 Å². The Hall–Kier alpha value is -5.63. The van der Waals surface area contributed by atoms with Gasteiger partial charge in [-0.15, -0.1) is 0 Å². The molecule has 0 fully saturated rings. The van der Waals surface area contributed by atoms with Crippen molar-refractivity contribution in [1.82, 2.24) is 14.9 Å². The van der Waals surface area contributed by atoms with Crippen molar-refractivity contribution < 1.29 is 19.0 Å². The van der Waals surface area contributed by atoms with E-state index in [1.165, 1.54) is 18.2 Å². The predicted molar refractivity (Wildman–Crippen MR) is 167 cm³/mol. The van der Waals surface area contributed by atoms with E-state index in [1.807, 2.05) is 55.6 Å². The van der Waals surface area contributed by atoms with Gasteiger partial charge in [-0.1, -0.05) is 42.5 Å². The van der Waals surface area contributed by atoms with Gasteiger partial charge in [0.05, 0.1) is 18.2 Å². The Morgan fingerprint density at radius 2 is 1.84 bits per heavy atom. The molecule has 0 amide bonds. The van der Waals surface area contributed by atoms with E-state index in [2.05, 4.69) is 31.2 Å².